The molecular formula is C21H20F6O7. The van der Waals surface area contributed by atoms with Crippen LogP contribution in [-0.4, -0.2) is 69.4 Å². The summed E-state index contributed by atoms with van der Waals surface area (Å²) in [4.78, 5) is 12.8. The molecule has 13 heteroatoms. The topological polar surface area (TPSA) is 72.5 Å². The minimum atomic E-state index is -5.02. The van der Waals surface area contributed by atoms with Crippen molar-refractivity contribution in [2.75, 3.05) is 20.3 Å². The lowest BCUT2D eigenvalue weighted by Gasteiger charge is -2.30. The smallest absolute Gasteiger partial charge is 0.475 e. The third kappa shape index (κ3) is 4.82. The van der Waals surface area contributed by atoms with Gasteiger partial charge in [0.05, 0.1) is 18.8 Å². The molecule has 3 heterocycles. The molecule has 3 aliphatic rings. The predicted molar refractivity (Wildman–Crippen MR) is 101 cm³/mol. The second-order valence-corrected chi connectivity index (χ2v) is 7.86. The molecule has 2 saturated heterocycles. The highest BCUT2D eigenvalue weighted by Gasteiger charge is 2.53. The summed E-state index contributed by atoms with van der Waals surface area (Å²) in [5.74, 6) is -2.30. The lowest BCUT2D eigenvalue weighted by atomic mass is 9.97. The summed E-state index contributed by atoms with van der Waals surface area (Å²) in [5.41, 5.74) is -1.05. The number of esters is 1. The van der Waals surface area contributed by atoms with E-state index in [9.17, 15) is 31.1 Å². The van der Waals surface area contributed by atoms with Gasteiger partial charge in [-0.15, -0.1) is 13.2 Å². The van der Waals surface area contributed by atoms with Crippen LogP contribution in [0.15, 0.2) is 17.7 Å². The van der Waals surface area contributed by atoms with Crippen molar-refractivity contribution in [2.24, 2.45) is 0 Å². The number of rotatable bonds is 5. The van der Waals surface area contributed by atoms with Crippen molar-refractivity contribution in [3.05, 3.63) is 28.8 Å². The van der Waals surface area contributed by atoms with Crippen LogP contribution >= 0.6 is 0 Å². The van der Waals surface area contributed by atoms with Gasteiger partial charge in [-0.1, -0.05) is 6.92 Å². The van der Waals surface area contributed by atoms with Crippen molar-refractivity contribution in [1.82, 2.24) is 0 Å². The average molecular weight is 498 g/mol. The molecule has 2 fully saturated rings. The second-order valence-electron chi connectivity index (χ2n) is 7.86. The molecule has 34 heavy (non-hydrogen) atoms. The van der Waals surface area contributed by atoms with Crippen LogP contribution in [0.25, 0.3) is 6.08 Å². The number of alkyl halides is 6. The summed E-state index contributed by atoms with van der Waals surface area (Å²) in [5, 5.41) is 0. The Hall–Kier alpha value is -2.51. The van der Waals surface area contributed by atoms with E-state index in [2.05, 4.69) is 4.74 Å². The maximum atomic E-state index is 13.8. The molecule has 0 aromatic heterocycles. The maximum absolute atomic E-state index is 13.8. The molecule has 188 valence electrons. The molecule has 4 rings (SSSR count). The van der Waals surface area contributed by atoms with Gasteiger partial charge in [0.2, 0.25) is 6.10 Å². The first-order valence-corrected chi connectivity index (χ1v) is 10.3. The van der Waals surface area contributed by atoms with E-state index in [4.69, 9.17) is 23.7 Å². The Morgan fingerprint density at radius 2 is 1.71 bits per heavy atom. The number of benzene rings is 1. The molecular weight excluding hydrogens is 478 g/mol. The minimum Gasteiger partial charge on any atom is -0.475 e. The average Bonchev–Trinajstić information content (AvgIpc) is 3.32. The van der Waals surface area contributed by atoms with E-state index in [1.54, 1.807) is 0 Å². The van der Waals surface area contributed by atoms with Crippen LogP contribution in [-0.2, 0) is 30.2 Å². The molecule has 0 spiro atoms. The third-order valence-electron chi connectivity index (χ3n) is 5.67. The van der Waals surface area contributed by atoms with E-state index in [0.29, 0.717) is 0 Å². The second kappa shape index (κ2) is 8.93. The summed E-state index contributed by atoms with van der Waals surface area (Å²) in [7, 11) is 1.44. The Bertz CT molecular complexity index is 974. The van der Waals surface area contributed by atoms with Gasteiger partial charge in [0.25, 0.3) is 0 Å². The predicted octanol–water partition coefficient (Wildman–Crippen LogP) is 3.58. The van der Waals surface area contributed by atoms with Gasteiger partial charge < -0.3 is 28.4 Å². The van der Waals surface area contributed by atoms with Crippen molar-refractivity contribution in [2.45, 2.75) is 56.4 Å². The normalized spacial score (nSPS) is 28.6. The number of halogens is 6. The fourth-order valence-corrected chi connectivity index (χ4v) is 4.16. The highest BCUT2D eigenvalue weighted by molar-refractivity contribution is 5.96. The highest BCUT2D eigenvalue weighted by atomic mass is 19.4. The number of methoxy groups -OCH3 is 1. The van der Waals surface area contributed by atoms with Crippen LogP contribution in [0, 0.1) is 0 Å². The Balaban J connectivity index is 1.65. The number of hydrogen-bond donors (Lipinski definition) is 0. The molecule has 0 amide bonds. The molecule has 1 aromatic rings. The van der Waals surface area contributed by atoms with Gasteiger partial charge >= 0.3 is 18.5 Å². The van der Waals surface area contributed by atoms with Crippen LogP contribution in [0.4, 0.5) is 26.3 Å². The van der Waals surface area contributed by atoms with Crippen molar-refractivity contribution in [3.8, 4) is 11.5 Å². The zero-order chi connectivity index (χ0) is 24.8. The Kier molecular flexibility index (Phi) is 6.46. The Labute approximate surface area is 189 Å². The molecule has 3 aliphatic heterocycles. The van der Waals surface area contributed by atoms with Crippen molar-refractivity contribution in [1.29, 1.82) is 0 Å². The number of carbonyl (C=O) groups excluding carboxylic acids is 1. The number of aryl methyl sites for hydroxylation is 1. The van der Waals surface area contributed by atoms with Crippen LogP contribution < -0.4 is 9.47 Å². The van der Waals surface area contributed by atoms with E-state index in [1.807, 2.05) is 0 Å². The van der Waals surface area contributed by atoms with E-state index in [0.717, 1.165) is 18.2 Å². The van der Waals surface area contributed by atoms with Gasteiger partial charge in [0.1, 0.15) is 29.8 Å². The van der Waals surface area contributed by atoms with Crippen molar-refractivity contribution in [3.63, 3.8) is 0 Å². The Morgan fingerprint density at radius 1 is 1.06 bits per heavy atom. The first-order valence-electron chi connectivity index (χ1n) is 10.3. The SMILES string of the molecule is CCc1cc(OC(F)(F)F)cc2c1O[C@H](C(F)(F)F)C(C(=O)O[C@H]1CO[C@H]3[C@@H]1OC[C@H]3OC)=C2. The standard InChI is InChI=1S/C21H20F6O7/c1-3-9-4-11(34-21(25,26)27)5-10-6-12(18(20(22,23)24)33-15(9)10)19(28)32-14-8-31-16-13(29-2)7-30-17(14)16/h4-6,13-14,16-18H,3,7-8H2,1-2H3/t13-,14+,16-,17-,18+/m1/s1. The minimum absolute atomic E-state index is 0.0478. The quantitative estimate of drug-likeness (QED) is 0.454. The van der Waals surface area contributed by atoms with Gasteiger partial charge in [-0.3, -0.25) is 0 Å². The molecule has 5 atom stereocenters. The fraction of sp³-hybridized carbons (Fsp3) is 0.571. The summed E-state index contributed by atoms with van der Waals surface area (Å²) >= 11 is 0. The molecule has 1 aromatic carbocycles. The summed E-state index contributed by atoms with van der Waals surface area (Å²) < 4.78 is 110. The van der Waals surface area contributed by atoms with Gasteiger partial charge in [-0.05, 0) is 30.2 Å². The summed E-state index contributed by atoms with van der Waals surface area (Å²) in [6.45, 7) is 1.57. The molecule has 0 bridgehead atoms. The van der Waals surface area contributed by atoms with Gasteiger partial charge in [0, 0.05) is 12.7 Å². The van der Waals surface area contributed by atoms with Crippen molar-refractivity contribution < 1.29 is 59.6 Å². The molecule has 0 radical (unpaired) electrons. The monoisotopic (exact) mass is 498 g/mol. The van der Waals surface area contributed by atoms with Crippen molar-refractivity contribution >= 4 is 12.0 Å². The van der Waals surface area contributed by atoms with Crippen LogP contribution in [0.2, 0.25) is 0 Å². The van der Waals surface area contributed by atoms with E-state index in [1.165, 1.54) is 14.0 Å². The highest BCUT2D eigenvalue weighted by Crippen LogP contribution is 2.42. The summed E-state index contributed by atoms with van der Waals surface area (Å²) in [6, 6.07) is 1.79. The largest absolute Gasteiger partial charge is 0.573 e. The molecule has 0 N–H and O–H groups in total. The molecule has 0 saturated carbocycles. The van der Waals surface area contributed by atoms with Gasteiger partial charge in [-0.25, -0.2) is 4.79 Å². The fourth-order valence-electron chi connectivity index (χ4n) is 4.16. The number of ether oxygens (including phenoxy) is 6. The third-order valence-corrected chi connectivity index (χ3v) is 5.67. The lowest BCUT2D eigenvalue weighted by molar-refractivity contribution is -0.274. The van der Waals surface area contributed by atoms with E-state index >= 15 is 0 Å². The van der Waals surface area contributed by atoms with E-state index in [-0.39, 0.29) is 36.5 Å². The molecule has 7 nitrogen and oxygen atoms in total. The number of fused-ring (bicyclic) bond motifs is 2. The van der Waals surface area contributed by atoms with E-state index < -0.39 is 60.4 Å². The molecule has 0 aliphatic carbocycles. The van der Waals surface area contributed by atoms with Crippen LogP contribution in [0.1, 0.15) is 18.1 Å². The van der Waals surface area contributed by atoms with Gasteiger partial charge in [0.15, 0.2) is 6.10 Å². The van der Waals surface area contributed by atoms with Crippen LogP contribution in [0.3, 0.4) is 0 Å². The Morgan fingerprint density at radius 3 is 2.29 bits per heavy atom. The maximum Gasteiger partial charge on any atom is 0.573 e. The van der Waals surface area contributed by atoms with Gasteiger partial charge in [-0.2, -0.15) is 13.2 Å². The first kappa shape index (κ1) is 24.6. The number of carbonyl (C=O) groups is 1. The summed E-state index contributed by atoms with van der Waals surface area (Å²) in [6.07, 6.45) is -14.5. The lowest BCUT2D eigenvalue weighted by Crippen LogP contribution is -2.43. The first-order chi connectivity index (χ1) is 15.9. The molecule has 0 unspecified atom stereocenters. The van der Waals surface area contributed by atoms with Crippen LogP contribution in [0.5, 0.6) is 11.5 Å². The zero-order valence-electron chi connectivity index (χ0n) is 17.9. The zero-order valence-corrected chi connectivity index (χ0v) is 17.9. The number of hydrogen-bond acceptors (Lipinski definition) is 7.